The van der Waals surface area contributed by atoms with Crippen molar-refractivity contribution in [1.82, 2.24) is 24.3 Å². The van der Waals surface area contributed by atoms with E-state index >= 15 is 0 Å². The van der Waals surface area contributed by atoms with E-state index in [9.17, 15) is 18.0 Å². The number of methoxy groups -OCH3 is 1. The molecule has 4 aromatic rings. The number of fused-ring (bicyclic) bond motifs is 4. The number of carbonyl (C=O) groups excluding carboxylic acids is 2. The second-order valence-corrected chi connectivity index (χ2v) is 18.5. The monoisotopic (exact) mass is 715 g/mol. The van der Waals surface area contributed by atoms with Crippen LogP contribution in [0.25, 0.3) is 33.5 Å². The Labute approximate surface area is 299 Å². The van der Waals surface area contributed by atoms with Crippen LogP contribution in [0.5, 0.6) is 5.75 Å². The molecule has 272 valence electrons. The van der Waals surface area contributed by atoms with E-state index < -0.39 is 21.5 Å². The molecule has 12 heteroatoms. The Balaban J connectivity index is 1.16. The molecule has 2 aliphatic heterocycles. The number of ether oxygens (including phenoxy) is 2. The summed E-state index contributed by atoms with van der Waals surface area (Å²) < 4.78 is 40.6. The molecule has 2 saturated carbocycles. The van der Waals surface area contributed by atoms with Gasteiger partial charge in [-0.1, -0.05) is 18.2 Å². The van der Waals surface area contributed by atoms with Crippen molar-refractivity contribution < 1.29 is 27.5 Å². The number of benzene rings is 2. The number of rotatable bonds is 9. The van der Waals surface area contributed by atoms with Crippen molar-refractivity contribution >= 4 is 43.8 Å². The number of piperidine rings is 1. The lowest BCUT2D eigenvalue weighted by atomic mass is 9.99. The van der Waals surface area contributed by atoms with Crippen LogP contribution in [-0.4, -0.2) is 82.3 Å². The van der Waals surface area contributed by atoms with Gasteiger partial charge in [0, 0.05) is 36.1 Å². The molecule has 1 N–H and O–H groups in total. The number of likely N-dealkylation sites (tertiary alicyclic amines) is 1. The van der Waals surface area contributed by atoms with Crippen molar-refractivity contribution in [3.63, 3.8) is 0 Å². The molecule has 8 rings (SSSR count). The van der Waals surface area contributed by atoms with Gasteiger partial charge in [0.25, 0.3) is 5.91 Å². The van der Waals surface area contributed by atoms with Crippen molar-refractivity contribution in [1.29, 1.82) is 0 Å². The minimum Gasteiger partial charge on any atom is -0.494 e. The van der Waals surface area contributed by atoms with Gasteiger partial charge in [-0.3, -0.25) is 4.79 Å². The van der Waals surface area contributed by atoms with E-state index in [1.54, 1.807) is 7.11 Å². The van der Waals surface area contributed by atoms with Gasteiger partial charge in [-0.05, 0) is 108 Å². The van der Waals surface area contributed by atoms with Crippen LogP contribution >= 0.6 is 0 Å². The number of hydrogen-bond acceptors (Lipinski definition) is 7. The van der Waals surface area contributed by atoms with Crippen LogP contribution in [-0.2, 0) is 27.7 Å². The van der Waals surface area contributed by atoms with E-state index in [0.29, 0.717) is 54.6 Å². The third kappa shape index (κ3) is 6.71. The maximum Gasteiger partial charge on any atom is 0.407 e. The Kier molecular flexibility index (Phi) is 8.59. The Hall–Kier alpha value is -4.06. The predicted molar refractivity (Wildman–Crippen MR) is 197 cm³/mol. The van der Waals surface area contributed by atoms with Crippen molar-refractivity contribution in [3.05, 3.63) is 48.0 Å². The van der Waals surface area contributed by atoms with Gasteiger partial charge in [0.2, 0.25) is 0 Å². The van der Waals surface area contributed by atoms with Gasteiger partial charge in [-0.15, -0.1) is 0 Å². The summed E-state index contributed by atoms with van der Waals surface area (Å²) in [7, 11) is -1.32. The van der Waals surface area contributed by atoms with Crippen LogP contribution in [0.4, 0.5) is 4.79 Å². The number of alkyl carbamates (subject to hydrolysis) is 1. The molecule has 2 aromatic carbocycles. The van der Waals surface area contributed by atoms with E-state index in [1.807, 2.05) is 37.8 Å². The SMILES string of the molecule is COc1cc(C(=O)N2CC3CCC2[C@@H]3NC(=O)OC(C)(C)C)cc2nc(-c3cc4ccccc4n3CC3CC3)n(CCC3CCS(=O)(=O)CC3)c12. The normalized spacial score (nSPS) is 23.3. The number of sulfone groups is 1. The molecular formula is C39H49N5O6S. The Morgan fingerprint density at radius 3 is 2.45 bits per heavy atom. The van der Waals surface area contributed by atoms with Crippen molar-refractivity contribution in [2.24, 2.45) is 17.8 Å². The quantitative estimate of drug-likeness (QED) is 0.212. The molecule has 2 aromatic heterocycles. The first-order valence-corrected chi connectivity index (χ1v) is 20.4. The number of aryl methyl sites for hydroxylation is 1. The van der Waals surface area contributed by atoms with Gasteiger partial charge in [0.15, 0.2) is 5.82 Å². The topological polar surface area (TPSA) is 125 Å². The zero-order valence-corrected chi connectivity index (χ0v) is 30.9. The Bertz CT molecular complexity index is 2090. The number of nitrogens with zero attached hydrogens (tertiary/aromatic N) is 4. The van der Waals surface area contributed by atoms with E-state index in [0.717, 1.165) is 48.2 Å². The zero-order valence-electron chi connectivity index (χ0n) is 30.1. The fourth-order valence-electron chi connectivity index (χ4n) is 8.67. The van der Waals surface area contributed by atoms with Gasteiger partial charge in [0.1, 0.15) is 26.7 Å². The maximum absolute atomic E-state index is 14.3. The highest BCUT2D eigenvalue weighted by molar-refractivity contribution is 7.91. The molecule has 2 aliphatic carbocycles. The summed E-state index contributed by atoms with van der Waals surface area (Å²) in [5.41, 5.74) is 3.65. The minimum atomic E-state index is -2.96. The van der Waals surface area contributed by atoms with Gasteiger partial charge >= 0.3 is 6.09 Å². The van der Waals surface area contributed by atoms with Crippen molar-refractivity contribution in [3.8, 4) is 17.3 Å². The molecule has 2 amide bonds. The predicted octanol–water partition coefficient (Wildman–Crippen LogP) is 6.42. The molecule has 4 aliphatic rings. The summed E-state index contributed by atoms with van der Waals surface area (Å²) in [4.78, 5) is 34.2. The first-order chi connectivity index (χ1) is 24.4. The Morgan fingerprint density at radius 1 is 0.961 bits per heavy atom. The number of para-hydroxylation sites is 1. The number of imidazole rings is 1. The number of nitrogens with one attached hydrogen (secondary N) is 1. The number of aromatic nitrogens is 3. The standard InChI is InChI=1S/C39H49N5O6S/c1-39(2,3)50-38(46)41-34-27-11-12-31(34)44(23-27)37(45)28-19-29-35(33(21-28)49-4)42(16-13-24-14-17-51(47,48)18-15-24)36(40-29)32-20-26-7-5-6-8-30(26)43(32)22-25-9-10-25/h5-8,19-21,24-25,27,31,34H,9-18,22-23H2,1-4H3,(H,41,46)/t27?,31?,34-/m1/s1. The summed E-state index contributed by atoms with van der Waals surface area (Å²) in [5.74, 6) is 2.92. The van der Waals surface area contributed by atoms with E-state index in [4.69, 9.17) is 14.5 Å². The van der Waals surface area contributed by atoms with Gasteiger partial charge in [-0.25, -0.2) is 18.2 Å². The van der Waals surface area contributed by atoms with Crippen LogP contribution in [0.3, 0.4) is 0 Å². The summed E-state index contributed by atoms with van der Waals surface area (Å²) in [6, 6.07) is 14.1. The molecule has 4 fully saturated rings. The van der Waals surface area contributed by atoms with Crippen LogP contribution in [0.15, 0.2) is 42.5 Å². The van der Waals surface area contributed by atoms with Gasteiger partial charge in [-0.2, -0.15) is 0 Å². The maximum atomic E-state index is 14.3. The molecule has 11 nitrogen and oxygen atoms in total. The number of amides is 2. The lowest BCUT2D eigenvalue weighted by Gasteiger charge is -2.28. The first kappa shape index (κ1) is 34.0. The number of carbonyl (C=O) groups is 2. The average Bonchev–Trinajstić information content (AvgIpc) is 3.40. The first-order valence-electron chi connectivity index (χ1n) is 18.6. The zero-order chi connectivity index (χ0) is 35.7. The lowest BCUT2D eigenvalue weighted by molar-refractivity contribution is 0.0485. The molecule has 2 unspecified atom stereocenters. The third-order valence-corrected chi connectivity index (χ3v) is 13.1. The molecular weight excluding hydrogens is 667 g/mol. The highest BCUT2D eigenvalue weighted by Gasteiger charge is 2.50. The molecule has 2 bridgehead atoms. The smallest absolute Gasteiger partial charge is 0.407 e. The summed E-state index contributed by atoms with van der Waals surface area (Å²) in [6.07, 6.45) is 5.93. The fraction of sp³-hybridized carbons (Fsp3) is 0.564. The van der Waals surface area contributed by atoms with Crippen LogP contribution in [0, 0.1) is 17.8 Å². The highest BCUT2D eigenvalue weighted by Crippen LogP contribution is 2.41. The average molecular weight is 716 g/mol. The lowest BCUT2D eigenvalue weighted by Crippen LogP contribution is -2.46. The van der Waals surface area contributed by atoms with Crippen LogP contribution < -0.4 is 10.1 Å². The van der Waals surface area contributed by atoms with Crippen LogP contribution in [0.1, 0.15) is 76.1 Å². The van der Waals surface area contributed by atoms with Gasteiger partial charge < -0.3 is 28.8 Å². The van der Waals surface area contributed by atoms with Crippen molar-refractivity contribution in [2.75, 3.05) is 25.2 Å². The second kappa shape index (κ2) is 12.9. The largest absolute Gasteiger partial charge is 0.494 e. The minimum absolute atomic E-state index is 0.0965. The molecule has 3 atom stereocenters. The van der Waals surface area contributed by atoms with Crippen molar-refractivity contribution in [2.45, 2.75) is 96.5 Å². The summed E-state index contributed by atoms with van der Waals surface area (Å²) in [6.45, 7) is 7.68. The molecule has 51 heavy (non-hydrogen) atoms. The summed E-state index contributed by atoms with van der Waals surface area (Å²) in [5, 5.41) is 4.22. The van der Waals surface area contributed by atoms with E-state index in [-0.39, 0.29) is 35.4 Å². The highest BCUT2D eigenvalue weighted by atomic mass is 32.2. The molecule has 0 spiro atoms. The van der Waals surface area contributed by atoms with E-state index in [1.165, 1.54) is 18.4 Å². The second-order valence-electron chi connectivity index (χ2n) is 16.2. The molecule has 2 saturated heterocycles. The fourth-order valence-corrected chi connectivity index (χ4v) is 10.3. The third-order valence-electron chi connectivity index (χ3n) is 11.4. The molecule has 4 heterocycles. The Morgan fingerprint density at radius 2 is 1.73 bits per heavy atom. The molecule has 0 radical (unpaired) electrons. The summed E-state index contributed by atoms with van der Waals surface area (Å²) >= 11 is 0. The van der Waals surface area contributed by atoms with Crippen LogP contribution in [0.2, 0.25) is 0 Å². The number of hydrogen-bond donors (Lipinski definition) is 1. The van der Waals surface area contributed by atoms with E-state index in [2.05, 4.69) is 44.8 Å². The van der Waals surface area contributed by atoms with Gasteiger partial charge in [0.05, 0.1) is 41.9 Å².